The third kappa shape index (κ3) is 5.25. The number of aromatic carboxylic acids is 1. The number of fused-ring (bicyclic) bond motifs is 1. The number of rotatable bonds is 11. The minimum Gasteiger partial charge on any atom is -0.497 e. The van der Waals surface area contributed by atoms with Crippen LogP contribution < -0.4 is 19.5 Å². The molecule has 1 heterocycles. The molecule has 0 aliphatic carbocycles. The number of nitrogens with zero attached hydrogens (tertiary/aromatic N) is 1. The largest absolute Gasteiger partial charge is 0.497 e. The Hall–Kier alpha value is -3.97. The maximum absolute atomic E-state index is 12.4. The lowest BCUT2D eigenvalue weighted by Crippen LogP contribution is -2.19. The highest BCUT2D eigenvalue weighted by molar-refractivity contribution is 5.98. The zero-order chi connectivity index (χ0) is 24.8. The molecule has 3 aromatic carbocycles. The maximum Gasteiger partial charge on any atom is 0.352 e. The summed E-state index contributed by atoms with van der Waals surface area (Å²) in [6.07, 6.45) is 0.716. The van der Waals surface area contributed by atoms with Gasteiger partial charge in [0.15, 0.2) is 0 Å². The second kappa shape index (κ2) is 11.0. The first-order valence-corrected chi connectivity index (χ1v) is 11.4. The van der Waals surface area contributed by atoms with Crippen molar-refractivity contribution in [3.63, 3.8) is 0 Å². The van der Waals surface area contributed by atoms with Crippen molar-refractivity contribution < 1.29 is 24.1 Å². The monoisotopic (exact) mass is 474 g/mol. The normalized spacial score (nSPS) is 10.9. The van der Waals surface area contributed by atoms with Crippen LogP contribution in [0.25, 0.3) is 10.9 Å². The number of aromatic nitrogens is 1. The fourth-order valence-corrected chi connectivity index (χ4v) is 4.39. The van der Waals surface area contributed by atoms with Crippen molar-refractivity contribution >= 4 is 16.9 Å². The molecule has 4 aromatic rings. The van der Waals surface area contributed by atoms with Crippen LogP contribution in [0.4, 0.5) is 0 Å². The van der Waals surface area contributed by atoms with E-state index in [2.05, 4.69) is 5.32 Å². The number of para-hydroxylation sites is 1. The summed E-state index contributed by atoms with van der Waals surface area (Å²) in [5.41, 5.74) is 4.00. The standard InChI is InChI=1S/C28H30N2O5/c1-33-21-10-8-19(9-11-21)18-30-25-7-5-4-6-23(25)24(27(30)28(31)32)17-29-15-14-20-16-22(34-2)12-13-26(20)35-3/h4-13,16,29H,14-15,17-18H2,1-3H3,(H,31,32). The molecule has 0 spiro atoms. The molecule has 182 valence electrons. The van der Waals surface area contributed by atoms with Gasteiger partial charge in [0.1, 0.15) is 22.9 Å². The summed E-state index contributed by atoms with van der Waals surface area (Å²) in [4.78, 5) is 12.4. The summed E-state index contributed by atoms with van der Waals surface area (Å²) in [6, 6.07) is 21.2. The molecular weight excluding hydrogens is 444 g/mol. The van der Waals surface area contributed by atoms with Crippen LogP contribution in [0.5, 0.6) is 17.2 Å². The fourth-order valence-electron chi connectivity index (χ4n) is 4.39. The van der Waals surface area contributed by atoms with Crippen LogP contribution in [0.1, 0.15) is 27.2 Å². The number of benzene rings is 3. The number of hydrogen-bond acceptors (Lipinski definition) is 5. The van der Waals surface area contributed by atoms with Gasteiger partial charge >= 0.3 is 5.97 Å². The molecule has 35 heavy (non-hydrogen) atoms. The number of carbonyl (C=O) groups is 1. The Morgan fingerprint density at radius 3 is 2.31 bits per heavy atom. The number of nitrogens with one attached hydrogen (secondary N) is 1. The Labute approximate surface area is 204 Å². The SMILES string of the molecule is COc1ccc(Cn2c(C(=O)O)c(CNCCc3cc(OC)ccc3OC)c3ccccc32)cc1. The zero-order valence-corrected chi connectivity index (χ0v) is 20.2. The smallest absolute Gasteiger partial charge is 0.352 e. The van der Waals surface area contributed by atoms with Crippen LogP contribution >= 0.6 is 0 Å². The highest BCUT2D eigenvalue weighted by Crippen LogP contribution is 2.28. The minimum atomic E-state index is -0.944. The van der Waals surface area contributed by atoms with Crippen molar-refractivity contribution in [1.29, 1.82) is 0 Å². The number of ether oxygens (including phenoxy) is 3. The molecule has 0 atom stereocenters. The van der Waals surface area contributed by atoms with Crippen molar-refractivity contribution in [3.8, 4) is 17.2 Å². The van der Waals surface area contributed by atoms with Gasteiger partial charge in [-0.1, -0.05) is 30.3 Å². The van der Waals surface area contributed by atoms with Gasteiger partial charge in [0.2, 0.25) is 0 Å². The van der Waals surface area contributed by atoms with E-state index in [0.29, 0.717) is 31.7 Å². The molecule has 0 radical (unpaired) electrons. The topological polar surface area (TPSA) is 82.0 Å². The molecule has 2 N–H and O–H groups in total. The quantitative estimate of drug-likeness (QED) is 0.306. The van der Waals surface area contributed by atoms with Gasteiger partial charge in [-0.25, -0.2) is 4.79 Å². The molecule has 0 aliphatic heterocycles. The van der Waals surface area contributed by atoms with Gasteiger partial charge in [0.05, 0.1) is 21.3 Å². The lowest BCUT2D eigenvalue weighted by atomic mass is 10.1. The number of carboxylic acid groups (broad SMARTS) is 1. The van der Waals surface area contributed by atoms with Gasteiger partial charge in [-0.05, 0) is 60.5 Å². The van der Waals surface area contributed by atoms with Crippen molar-refractivity contribution in [2.75, 3.05) is 27.9 Å². The summed E-state index contributed by atoms with van der Waals surface area (Å²) in [6.45, 7) is 1.54. The van der Waals surface area contributed by atoms with Gasteiger partial charge in [-0.15, -0.1) is 0 Å². The molecule has 4 rings (SSSR count). The van der Waals surface area contributed by atoms with E-state index in [1.165, 1.54) is 0 Å². The van der Waals surface area contributed by atoms with Crippen molar-refractivity contribution in [2.24, 2.45) is 0 Å². The number of hydrogen-bond donors (Lipinski definition) is 2. The molecule has 0 amide bonds. The molecule has 7 nitrogen and oxygen atoms in total. The number of methoxy groups -OCH3 is 3. The highest BCUT2D eigenvalue weighted by atomic mass is 16.5. The molecule has 1 aromatic heterocycles. The third-order valence-corrected chi connectivity index (χ3v) is 6.14. The summed E-state index contributed by atoms with van der Waals surface area (Å²) in [7, 11) is 4.91. The Balaban J connectivity index is 1.58. The van der Waals surface area contributed by atoms with Gasteiger partial charge in [-0.2, -0.15) is 0 Å². The fraction of sp³-hybridized carbons (Fsp3) is 0.250. The molecular formula is C28H30N2O5. The minimum absolute atomic E-state index is 0.300. The predicted octanol–water partition coefficient (Wildman–Crippen LogP) is 4.75. The molecule has 0 aliphatic rings. The zero-order valence-electron chi connectivity index (χ0n) is 20.2. The predicted molar refractivity (Wildman–Crippen MR) is 136 cm³/mol. The van der Waals surface area contributed by atoms with Crippen molar-refractivity contribution in [1.82, 2.24) is 9.88 Å². The molecule has 0 unspecified atom stereocenters. The Kier molecular flexibility index (Phi) is 7.57. The van der Waals surface area contributed by atoms with Crippen LogP contribution in [0.2, 0.25) is 0 Å². The summed E-state index contributed by atoms with van der Waals surface area (Å²) < 4.78 is 17.9. The van der Waals surface area contributed by atoms with Crippen LogP contribution in [-0.2, 0) is 19.5 Å². The van der Waals surface area contributed by atoms with Crippen LogP contribution in [0.3, 0.4) is 0 Å². The second-order valence-electron chi connectivity index (χ2n) is 8.19. The lowest BCUT2D eigenvalue weighted by Gasteiger charge is -2.12. The molecule has 0 bridgehead atoms. The van der Waals surface area contributed by atoms with E-state index < -0.39 is 5.97 Å². The molecule has 0 fully saturated rings. The number of carboxylic acids is 1. The maximum atomic E-state index is 12.4. The third-order valence-electron chi connectivity index (χ3n) is 6.14. The first kappa shape index (κ1) is 24.2. The van der Waals surface area contributed by atoms with Gasteiger partial charge in [0, 0.05) is 29.6 Å². The van der Waals surface area contributed by atoms with Gasteiger partial charge in [-0.3, -0.25) is 0 Å². The Bertz CT molecular complexity index is 1310. The molecule has 0 saturated heterocycles. The van der Waals surface area contributed by atoms with E-state index in [0.717, 1.165) is 44.8 Å². The van der Waals surface area contributed by atoms with E-state index in [9.17, 15) is 9.90 Å². The second-order valence-corrected chi connectivity index (χ2v) is 8.19. The van der Waals surface area contributed by atoms with E-state index >= 15 is 0 Å². The average molecular weight is 475 g/mol. The van der Waals surface area contributed by atoms with Gasteiger partial charge < -0.3 is 29.2 Å². The van der Waals surface area contributed by atoms with E-state index in [1.54, 1.807) is 21.3 Å². The Morgan fingerprint density at radius 1 is 0.914 bits per heavy atom. The van der Waals surface area contributed by atoms with Gasteiger partial charge in [0.25, 0.3) is 0 Å². The van der Waals surface area contributed by atoms with Crippen LogP contribution in [0, 0.1) is 0 Å². The van der Waals surface area contributed by atoms with Crippen molar-refractivity contribution in [3.05, 3.63) is 89.1 Å². The molecule has 7 heteroatoms. The summed E-state index contributed by atoms with van der Waals surface area (Å²) >= 11 is 0. The first-order valence-electron chi connectivity index (χ1n) is 11.4. The highest BCUT2D eigenvalue weighted by Gasteiger charge is 2.22. The van der Waals surface area contributed by atoms with Crippen LogP contribution in [-0.4, -0.2) is 43.5 Å². The van der Waals surface area contributed by atoms with Crippen LogP contribution in [0.15, 0.2) is 66.7 Å². The lowest BCUT2D eigenvalue weighted by molar-refractivity contribution is 0.0684. The Morgan fingerprint density at radius 2 is 1.63 bits per heavy atom. The summed E-state index contributed by atoms with van der Waals surface area (Å²) in [5.74, 6) is 1.40. The van der Waals surface area contributed by atoms with E-state index in [4.69, 9.17) is 14.2 Å². The molecule has 0 saturated carbocycles. The average Bonchev–Trinajstić information content (AvgIpc) is 3.20. The van der Waals surface area contributed by atoms with Crippen molar-refractivity contribution in [2.45, 2.75) is 19.5 Å². The van der Waals surface area contributed by atoms with E-state index in [-0.39, 0.29) is 0 Å². The first-order chi connectivity index (χ1) is 17.0. The van der Waals surface area contributed by atoms with E-state index in [1.807, 2.05) is 71.3 Å². The summed E-state index contributed by atoms with van der Waals surface area (Å²) in [5, 5.41) is 14.5.